The molecule has 0 radical (unpaired) electrons. The van der Waals surface area contributed by atoms with Crippen molar-refractivity contribution >= 4 is 5.69 Å². The van der Waals surface area contributed by atoms with Crippen molar-refractivity contribution in [1.29, 1.82) is 0 Å². The van der Waals surface area contributed by atoms with Crippen molar-refractivity contribution in [2.45, 2.75) is 53.9 Å². The van der Waals surface area contributed by atoms with Gasteiger partial charge in [-0.25, -0.2) is 0 Å². The van der Waals surface area contributed by atoms with Crippen molar-refractivity contribution in [3.05, 3.63) is 52.4 Å². The maximum Gasteiger partial charge on any atom is 0.0446 e. The Balaban J connectivity index is 3.36. The van der Waals surface area contributed by atoms with Crippen molar-refractivity contribution in [1.82, 2.24) is 5.32 Å². The molecule has 0 aromatic heterocycles. The summed E-state index contributed by atoms with van der Waals surface area (Å²) in [6.45, 7) is 21.1. The smallest absolute Gasteiger partial charge is 0.0446 e. The molecule has 0 heterocycles. The van der Waals surface area contributed by atoms with Gasteiger partial charge < -0.3 is 10.6 Å². The maximum absolute atomic E-state index is 4.06. The van der Waals surface area contributed by atoms with Gasteiger partial charge in [-0.15, -0.1) is 0 Å². The van der Waals surface area contributed by atoms with Gasteiger partial charge in [-0.3, -0.25) is 0 Å². The summed E-state index contributed by atoms with van der Waals surface area (Å²) in [7, 11) is 1.94. The summed E-state index contributed by atoms with van der Waals surface area (Å²) in [5.41, 5.74) is 10.1. The van der Waals surface area contributed by atoms with Gasteiger partial charge in [0.05, 0.1) is 0 Å². The van der Waals surface area contributed by atoms with Crippen LogP contribution < -0.4 is 10.6 Å². The van der Waals surface area contributed by atoms with Gasteiger partial charge in [-0.05, 0) is 74.8 Å². The molecule has 0 saturated carbocycles. The van der Waals surface area contributed by atoms with E-state index in [1.54, 1.807) is 0 Å². The summed E-state index contributed by atoms with van der Waals surface area (Å²) in [6, 6.07) is 0. The first-order valence-corrected chi connectivity index (χ1v) is 7.58. The van der Waals surface area contributed by atoms with Crippen LogP contribution in [0.25, 0.3) is 0 Å². The van der Waals surface area contributed by atoms with Crippen LogP contribution in [0.4, 0.5) is 5.69 Å². The SMILES string of the molecule is C=C(C)Nc1c(C)c(C)c(C(C)CC(=C)NC)c(C)c1C. The van der Waals surface area contributed by atoms with Crippen LogP contribution in [-0.4, -0.2) is 7.05 Å². The highest BCUT2D eigenvalue weighted by molar-refractivity contribution is 5.67. The van der Waals surface area contributed by atoms with Crippen molar-refractivity contribution in [3.8, 4) is 0 Å². The number of allylic oxidation sites excluding steroid dienone is 2. The van der Waals surface area contributed by atoms with E-state index in [1.165, 1.54) is 33.5 Å². The molecule has 0 aliphatic rings. The fourth-order valence-corrected chi connectivity index (χ4v) is 3.06. The highest BCUT2D eigenvalue weighted by Crippen LogP contribution is 2.36. The van der Waals surface area contributed by atoms with Gasteiger partial charge >= 0.3 is 0 Å². The molecule has 1 aromatic rings. The Morgan fingerprint density at radius 2 is 1.48 bits per heavy atom. The quantitative estimate of drug-likeness (QED) is 0.761. The van der Waals surface area contributed by atoms with Gasteiger partial charge in [0.2, 0.25) is 0 Å². The van der Waals surface area contributed by atoms with E-state index in [1.807, 2.05) is 14.0 Å². The van der Waals surface area contributed by atoms with E-state index >= 15 is 0 Å². The Morgan fingerprint density at radius 1 is 1.00 bits per heavy atom. The second-order valence-electron chi connectivity index (χ2n) is 6.15. The van der Waals surface area contributed by atoms with Gasteiger partial charge in [0.1, 0.15) is 0 Å². The molecule has 0 aliphatic heterocycles. The topological polar surface area (TPSA) is 24.1 Å². The van der Waals surface area contributed by atoms with E-state index in [2.05, 4.69) is 58.4 Å². The van der Waals surface area contributed by atoms with E-state index in [0.717, 1.165) is 17.8 Å². The van der Waals surface area contributed by atoms with Crippen LogP contribution in [0.5, 0.6) is 0 Å². The van der Waals surface area contributed by atoms with Crippen molar-refractivity contribution in [3.63, 3.8) is 0 Å². The summed E-state index contributed by atoms with van der Waals surface area (Å²) in [6.07, 6.45) is 0.963. The molecule has 0 aliphatic carbocycles. The molecule has 2 heteroatoms. The summed E-state index contributed by atoms with van der Waals surface area (Å²) >= 11 is 0. The largest absolute Gasteiger partial charge is 0.392 e. The lowest BCUT2D eigenvalue weighted by Crippen LogP contribution is -2.12. The Morgan fingerprint density at radius 3 is 1.86 bits per heavy atom. The lowest BCUT2D eigenvalue weighted by molar-refractivity contribution is 0.703. The molecule has 2 N–H and O–H groups in total. The predicted molar refractivity (Wildman–Crippen MR) is 95.1 cm³/mol. The summed E-state index contributed by atoms with van der Waals surface area (Å²) in [5, 5.41) is 6.57. The van der Waals surface area contributed by atoms with Crippen molar-refractivity contribution < 1.29 is 0 Å². The first-order valence-electron chi connectivity index (χ1n) is 7.58. The average Bonchev–Trinajstić information content (AvgIpc) is 2.41. The summed E-state index contributed by atoms with van der Waals surface area (Å²) in [5.74, 6) is 0.459. The number of anilines is 1. The standard InChI is InChI=1S/C19H30N2/c1-11(2)21-19-16(7)14(5)18(15(6)17(19)8)12(3)10-13(4)20-9/h12,20-21H,1,4,10H2,2-3,5-9H3. The molecule has 21 heavy (non-hydrogen) atoms. The zero-order valence-electron chi connectivity index (χ0n) is 14.7. The highest BCUT2D eigenvalue weighted by Gasteiger charge is 2.19. The Hall–Kier alpha value is -1.70. The van der Waals surface area contributed by atoms with Crippen LogP contribution in [0, 0.1) is 27.7 Å². The molecule has 1 aromatic carbocycles. The zero-order valence-corrected chi connectivity index (χ0v) is 14.7. The third kappa shape index (κ3) is 3.69. The zero-order chi connectivity index (χ0) is 16.3. The van der Waals surface area contributed by atoms with Gasteiger partial charge in [0, 0.05) is 24.1 Å². The molecule has 2 nitrogen and oxygen atoms in total. The first kappa shape index (κ1) is 17.4. The molecule has 116 valence electrons. The Bertz CT molecular complexity index is 538. The fraction of sp³-hybridized carbons (Fsp3) is 0.474. The molecule has 1 rings (SSSR count). The number of hydrogen-bond donors (Lipinski definition) is 2. The van der Waals surface area contributed by atoms with Crippen LogP contribution in [0.15, 0.2) is 24.6 Å². The highest BCUT2D eigenvalue weighted by atomic mass is 14.9. The monoisotopic (exact) mass is 286 g/mol. The average molecular weight is 286 g/mol. The third-order valence-electron chi connectivity index (χ3n) is 4.42. The molecule has 0 bridgehead atoms. The van der Waals surface area contributed by atoms with Crippen molar-refractivity contribution in [2.24, 2.45) is 0 Å². The molecule has 0 spiro atoms. The molecule has 1 unspecified atom stereocenters. The minimum atomic E-state index is 0.459. The van der Waals surface area contributed by atoms with Crippen LogP contribution in [-0.2, 0) is 0 Å². The number of hydrogen-bond acceptors (Lipinski definition) is 2. The molecule has 0 saturated heterocycles. The second-order valence-corrected chi connectivity index (χ2v) is 6.15. The molecule has 0 amide bonds. The maximum atomic E-state index is 4.06. The van der Waals surface area contributed by atoms with Gasteiger partial charge in [-0.2, -0.15) is 0 Å². The van der Waals surface area contributed by atoms with Gasteiger partial charge in [0.25, 0.3) is 0 Å². The fourth-order valence-electron chi connectivity index (χ4n) is 3.06. The van der Waals surface area contributed by atoms with E-state index in [0.29, 0.717) is 5.92 Å². The van der Waals surface area contributed by atoms with Crippen LogP contribution in [0.1, 0.15) is 54.0 Å². The molecular formula is C19H30N2. The minimum absolute atomic E-state index is 0.459. The van der Waals surface area contributed by atoms with Gasteiger partial charge in [-0.1, -0.05) is 20.1 Å². The summed E-state index contributed by atoms with van der Waals surface area (Å²) < 4.78 is 0. The van der Waals surface area contributed by atoms with Crippen LogP contribution in [0.2, 0.25) is 0 Å². The second kappa shape index (κ2) is 6.84. The van der Waals surface area contributed by atoms with Crippen LogP contribution >= 0.6 is 0 Å². The first-order chi connectivity index (χ1) is 9.70. The number of rotatable bonds is 6. The lowest BCUT2D eigenvalue weighted by Gasteiger charge is -2.25. The molecule has 0 fully saturated rings. The van der Waals surface area contributed by atoms with E-state index in [9.17, 15) is 0 Å². The van der Waals surface area contributed by atoms with E-state index < -0.39 is 0 Å². The Kier molecular flexibility index (Phi) is 5.65. The number of nitrogens with one attached hydrogen (secondary N) is 2. The third-order valence-corrected chi connectivity index (χ3v) is 4.42. The van der Waals surface area contributed by atoms with E-state index in [4.69, 9.17) is 0 Å². The normalized spacial score (nSPS) is 12.0. The Labute approximate surface area is 130 Å². The van der Waals surface area contributed by atoms with Gasteiger partial charge in [0.15, 0.2) is 0 Å². The minimum Gasteiger partial charge on any atom is -0.392 e. The molecule has 1 atom stereocenters. The number of benzene rings is 1. The van der Waals surface area contributed by atoms with Crippen LogP contribution in [0.3, 0.4) is 0 Å². The van der Waals surface area contributed by atoms with E-state index in [-0.39, 0.29) is 0 Å². The molecular weight excluding hydrogens is 256 g/mol. The van der Waals surface area contributed by atoms with Crippen molar-refractivity contribution in [2.75, 3.05) is 12.4 Å². The lowest BCUT2D eigenvalue weighted by atomic mass is 9.83. The predicted octanol–water partition coefficient (Wildman–Crippen LogP) is 5.09. The summed E-state index contributed by atoms with van der Waals surface area (Å²) in [4.78, 5) is 0.